The molecular weight excluding hydrogens is 811 g/mol. The summed E-state index contributed by atoms with van der Waals surface area (Å²) in [6, 6.07) is 67.2. The van der Waals surface area contributed by atoms with Gasteiger partial charge in [0.2, 0.25) is 0 Å². The Morgan fingerprint density at radius 1 is 0.364 bits per heavy atom. The van der Waals surface area contributed by atoms with Crippen molar-refractivity contribution in [1.29, 1.82) is 0 Å². The van der Waals surface area contributed by atoms with Crippen molar-refractivity contribution < 1.29 is 11.0 Å². The molecule has 0 radical (unpaired) electrons. The summed E-state index contributed by atoms with van der Waals surface area (Å²) >= 11 is 0. The summed E-state index contributed by atoms with van der Waals surface area (Å²) in [6.45, 7) is 4.55. The van der Waals surface area contributed by atoms with Gasteiger partial charge in [-0.1, -0.05) is 226 Å². The van der Waals surface area contributed by atoms with E-state index < -0.39 is 37.7 Å². The van der Waals surface area contributed by atoms with Crippen LogP contribution in [0.25, 0.3) is 33.4 Å². The van der Waals surface area contributed by atoms with E-state index in [-0.39, 0.29) is 40.7 Å². The molecule has 0 atom stereocenters. The van der Waals surface area contributed by atoms with E-state index in [1.165, 1.54) is 50.1 Å². The van der Waals surface area contributed by atoms with Crippen molar-refractivity contribution in [3.8, 4) is 33.4 Å². The monoisotopic (exact) mass is 865 g/mol. The van der Waals surface area contributed by atoms with Crippen LogP contribution in [0, 0.1) is 0 Å². The third-order valence-corrected chi connectivity index (χ3v) is 19.3. The molecule has 3 aliphatic rings. The first-order chi connectivity index (χ1) is 35.8. The number of hydrogen-bond acceptors (Lipinski definition) is 1. The number of rotatable bonds is 7. The van der Waals surface area contributed by atoms with Crippen molar-refractivity contribution in [2.75, 3.05) is 4.90 Å². The van der Waals surface area contributed by atoms with E-state index in [1.54, 1.807) is 0 Å². The highest BCUT2D eigenvalue weighted by atomic mass is 28.3. The Balaban J connectivity index is 1.08. The van der Waals surface area contributed by atoms with Crippen molar-refractivity contribution in [2.45, 2.75) is 24.7 Å². The summed E-state index contributed by atoms with van der Waals surface area (Å²) in [5, 5.41) is 2.10. The van der Waals surface area contributed by atoms with Gasteiger partial charge in [-0.2, -0.15) is 0 Å². The maximum absolute atomic E-state index is 9.74. The van der Waals surface area contributed by atoms with Crippen LogP contribution in [-0.4, -0.2) is 8.07 Å². The van der Waals surface area contributed by atoms with Gasteiger partial charge < -0.3 is 4.90 Å². The molecule has 0 bridgehead atoms. The molecule has 0 unspecified atom stereocenters. The maximum Gasteiger partial charge on any atom is 0.180 e. The summed E-state index contributed by atoms with van der Waals surface area (Å²) in [5.41, 5.74) is 13.9. The van der Waals surface area contributed by atoms with Gasteiger partial charge in [-0.25, -0.2) is 0 Å². The van der Waals surface area contributed by atoms with E-state index in [0.717, 1.165) is 27.8 Å². The molecular formula is C64H47NSi. The molecule has 2 heteroatoms. The quantitative estimate of drug-likeness (QED) is 0.144. The molecule has 312 valence electrons. The van der Waals surface area contributed by atoms with Crippen molar-refractivity contribution in [3.63, 3.8) is 0 Å². The van der Waals surface area contributed by atoms with Gasteiger partial charge in [-0.3, -0.25) is 0 Å². The van der Waals surface area contributed by atoms with Gasteiger partial charge in [-0.05, 0) is 124 Å². The minimum absolute atomic E-state index is 0.134. The van der Waals surface area contributed by atoms with Gasteiger partial charge in [0.15, 0.2) is 8.07 Å². The maximum atomic E-state index is 9.74. The van der Waals surface area contributed by atoms with Crippen LogP contribution >= 0.6 is 0 Å². The second-order valence-corrected chi connectivity index (χ2v) is 21.8. The van der Waals surface area contributed by atoms with E-state index in [4.69, 9.17) is 5.48 Å². The zero-order valence-corrected chi connectivity index (χ0v) is 37.5. The summed E-state index contributed by atoms with van der Waals surface area (Å²) in [7, 11) is -4.04. The van der Waals surface area contributed by atoms with Crippen molar-refractivity contribution in [3.05, 3.63) is 282 Å². The van der Waals surface area contributed by atoms with E-state index in [2.05, 4.69) is 176 Å². The Morgan fingerprint density at radius 3 is 1.47 bits per heavy atom. The third-order valence-electron chi connectivity index (χ3n) is 14.7. The third kappa shape index (κ3) is 5.28. The van der Waals surface area contributed by atoms with Crippen LogP contribution in [0.1, 0.15) is 58.2 Å². The fraction of sp³-hybridized carbons (Fsp3) is 0.0625. The summed E-state index contributed by atoms with van der Waals surface area (Å²) in [6.07, 6.45) is 0. The predicted octanol–water partition coefficient (Wildman–Crippen LogP) is 13.2. The molecule has 0 saturated carbocycles. The Labute approximate surface area is 400 Å². The highest BCUT2D eigenvalue weighted by Crippen LogP contribution is 2.56. The van der Waals surface area contributed by atoms with Gasteiger partial charge in [-0.15, -0.1) is 0 Å². The molecule has 13 rings (SSSR count). The number of anilines is 3. The zero-order valence-electron chi connectivity index (χ0n) is 44.5. The molecule has 1 aliphatic heterocycles. The lowest BCUT2D eigenvalue weighted by Gasteiger charge is -2.35. The van der Waals surface area contributed by atoms with Crippen LogP contribution in [0.15, 0.2) is 249 Å². The average Bonchev–Trinajstić information content (AvgIpc) is 4.06. The number of nitrogens with zero attached hydrogens (tertiary/aromatic N) is 1. The van der Waals surface area contributed by atoms with Crippen molar-refractivity contribution in [1.82, 2.24) is 0 Å². The van der Waals surface area contributed by atoms with Crippen molar-refractivity contribution in [2.24, 2.45) is 0 Å². The normalized spacial score (nSPS) is 16.6. The minimum atomic E-state index is -4.04. The summed E-state index contributed by atoms with van der Waals surface area (Å²) in [4.78, 5) is 2.25. The molecule has 0 saturated heterocycles. The second kappa shape index (κ2) is 14.6. The van der Waals surface area contributed by atoms with Crippen LogP contribution < -0.4 is 25.6 Å². The van der Waals surface area contributed by atoms with Gasteiger partial charge in [0.1, 0.15) is 0 Å². The Kier molecular flexibility index (Phi) is 6.90. The van der Waals surface area contributed by atoms with Gasteiger partial charge in [0.25, 0.3) is 0 Å². The predicted molar refractivity (Wildman–Crippen MR) is 279 cm³/mol. The first-order valence-corrected chi connectivity index (χ1v) is 24.6. The Morgan fingerprint density at radius 2 is 0.833 bits per heavy atom. The number of hydrogen-bond donors (Lipinski definition) is 0. The highest BCUT2D eigenvalue weighted by Gasteiger charge is 2.49. The van der Waals surface area contributed by atoms with Gasteiger partial charge >= 0.3 is 0 Å². The number of benzene rings is 10. The van der Waals surface area contributed by atoms with E-state index in [0.29, 0.717) is 15.6 Å². The molecule has 1 nitrogen and oxygen atoms in total. The van der Waals surface area contributed by atoms with E-state index >= 15 is 0 Å². The second-order valence-electron chi connectivity index (χ2n) is 18.2. The topological polar surface area (TPSA) is 3.24 Å². The largest absolute Gasteiger partial charge is 0.310 e. The molecule has 0 spiro atoms. The Hall–Kier alpha value is -7.78. The van der Waals surface area contributed by atoms with Crippen molar-refractivity contribution >= 4 is 45.9 Å². The summed E-state index contributed by atoms with van der Waals surface area (Å²) in [5.74, 6) is 0. The molecule has 2 aliphatic carbocycles. The summed E-state index contributed by atoms with van der Waals surface area (Å²) < 4.78 is 74.3. The number of fused-ring (bicyclic) bond motifs is 9. The fourth-order valence-electron chi connectivity index (χ4n) is 11.8. The van der Waals surface area contributed by atoms with Crippen LogP contribution in [-0.2, 0) is 10.8 Å². The molecule has 0 amide bonds. The zero-order chi connectivity index (χ0) is 51.0. The lowest BCUT2D eigenvalue weighted by Crippen LogP contribution is -2.72. The molecule has 0 aromatic heterocycles. The highest BCUT2D eigenvalue weighted by molar-refractivity contribution is 7.22. The van der Waals surface area contributed by atoms with E-state index in [9.17, 15) is 5.48 Å². The minimum Gasteiger partial charge on any atom is -0.310 e. The first kappa shape index (κ1) is 31.2. The fourth-order valence-corrected chi connectivity index (χ4v) is 16.6. The van der Waals surface area contributed by atoms with Crippen LogP contribution in [0.2, 0.25) is 0 Å². The molecule has 0 fully saturated rings. The van der Waals surface area contributed by atoms with Crippen LogP contribution in [0.4, 0.5) is 17.1 Å². The Bertz CT molecular complexity index is 3870. The van der Waals surface area contributed by atoms with Crippen LogP contribution in [0.3, 0.4) is 0 Å². The van der Waals surface area contributed by atoms with Crippen LogP contribution in [0.5, 0.6) is 0 Å². The van der Waals surface area contributed by atoms with E-state index in [1.807, 2.05) is 42.5 Å². The van der Waals surface area contributed by atoms with Gasteiger partial charge in [0, 0.05) is 22.5 Å². The lowest BCUT2D eigenvalue weighted by molar-refractivity contribution is 0.660. The standard InChI is InChI=1S/C64H47NSi/c1-63(2)57-31-14-9-26-51(57)54-41-40-48(43-60(54)63)65(46-38-36-45(37-39-46)64(44-20-5-3-6-21-44)58-32-15-10-27-52(58)53-28-11-16-33-59(53)64)47-22-19-25-50(42-47)66(49-23-7-4-8-24-49)61-34-17-12-29-55(61)56-30-13-18-35-62(56)66/h3-43H,1-2H3/i12D,13D,17D,18D,29D,30D,34D,35D. The SMILES string of the molecule is [2H]c1c([2H])c([2H])c2c(c1[2H])-c1c([2H])c([2H])c([2H])c([2H])c1[Si]2(c1ccccc1)c1cccc(N(c2ccc(C3(c4ccccc4)c4ccccc4-c4ccccc43)cc2)c2ccc3c(c2)C(C)(C)c2ccccc2-3)c1. The molecule has 10 aromatic rings. The molecule has 10 aromatic carbocycles. The molecule has 66 heavy (non-hydrogen) atoms. The average molecular weight is 866 g/mol. The lowest BCUT2D eigenvalue weighted by atomic mass is 9.68. The van der Waals surface area contributed by atoms with Gasteiger partial charge in [0.05, 0.1) is 16.4 Å². The smallest absolute Gasteiger partial charge is 0.180 e. The molecule has 0 N–H and O–H groups in total. The molecule has 1 heterocycles. The first-order valence-electron chi connectivity index (χ1n) is 26.6.